The van der Waals surface area contributed by atoms with Crippen molar-refractivity contribution < 1.29 is 0 Å². The Morgan fingerprint density at radius 3 is 2.65 bits per heavy atom. The molecule has 110 valence electrons. The van der Waals surface area contributed by atoms with Gasteiger partial charge in [0.25, 0.3) is 0 Å². The van der Waals surface area contributed by atoms with Crippen LogP contribution in [0.5, 0.6) is 0 Å². The lowest BCUT2D eigenvalue weighted by atomic mass is 10.0. The summed E-state index contributed by atoms with van der Waals surface area (Å²) < 4.78 is 0. The molecule has 0 aromatic carbocycles. The van der Waals surface area contributed by atoms with Crippen LogP contribution < -0.4 is 4.90 Å². The van der Waals surface area contributed by atoms with Gasteiger partial charge >= 0.3 is 0 Å². The smallest absolute Gasteiger partial charge is 0.128 e. The van der Waals surface area contributed by atoms with Crippen molar-refractivity contribution in [3.05, 3.63) is 23.4 Å². The summed E-state index contributed by atoms with van der Waals surface area (Å²) in [6.45, 7) is 9.30. The van der Waals surface area contributed by atoms with E-state index < -0.39 is 0 Å². The first-order valence-electron chi connectivity index (χ1n) is 8.26. The third-order valence-corrected chi connectivity index (χ3v) is 4.78. The van der Waals surface area contributed by atoms with Gasteiger partial charge in [0.15, 0.2) is 0 Å². The van der Waals surface area contributed by atoms with Gasteiger partial charge in [-0.25, -0.2) is 4.98 Å². The number of nitrogens with zero attached hydrogens (tertiary/aromatic N) is 3. The molecule has 0 amide bonds. The summed E-state index contributed by atoms with van der Waals surface area (Å²) in [5.74, 6) is 1.18. The lowest BCUT2D eigenvalue weighted by Crippen LogP contribution is -2.25. The zero-order valence-corrected chi connectivity index (χ0v) is 12.9. The molecule has 0 aliphatic carbocycles. The fraction of sp³-hybridized carbons (Fsp3) is 0.706. The summed E-state index contributed by atoms with van der Waals surface area (Å²) >= 11 is 0. The van der Waals surface area contributed by atoms with Crippen LogP contribution in [0, 0.1) is 6.92 Å². The van der Waals surface area contributed by atoms with Crippen LogP contribution in [0.25, 0.3) is 0 Å². The van der Waals surface area contributed by atoms with Crippen LogP contribution in [0.3, 0.4) is 0 Å². The predicted molar refractivity (Wildman–Crippen MR) is 84.3 cm³/mol. The summed E-state index contributed by atoms with van der Waals surface area (Å²) in [5.41, 5.74) is 2.70. The van der Waals surface area contributed by atoms with Crippen molar-refractivity contribution in [2.45, 2.75) is 52.0 Å². The van der Waals surface area contributed by atoms with E-state index in [9.17, 15) is 0 Å². The molecule has 3 rings (SSSR count). The third kappa shape index (κ3) is 2.69. The van der Waals surface area contributed by atoms with E-state index in [1.54, 1.807) is 0 Å². The standard InChI is InChI=1S/C17H27N3/c1-3-10-19-13-6-7-16(19)15-8-9-17(18-14(15)2)20-11-4-5-12-20/h8-9,16H,3-7,10-13H2,1-2H3/t16-/m0/s1. The van der Waals surface area contributed by atoms with Gasteiger partial charge in [-0.3, -0.25) is 4.90 Å². The molecule has 0 saturated carbocycles. The summed E-state index contributed by atoms with van der Waals surface area (Å²) in [4.78, 5) is 9.96. The van der Waals surface area contributed by atoms with Crippen LogP contribution >= 0.6 is 0 Å². The Kier molecular flexibility index (Phi) is 4.25. The maximum atomic E-state index is 4.89. The second-order valence-corrected chi connectivity index (χ2v) is 6.23. The van der Waals surface area contributed by atoms with Crippen LogP contribution in [0.2, 0.25) is 0 Å². The van der Waals surface area contributed by atoms with E-state index in [2.05, 4.69) is 35.8 Å². The van der Waals surface area contributed by atoms with Crippen LogP contribution in [0.4, 0.5) is 5.82 Å². The number of likely N-dealkylation sites (tertiary alicyclic amines) is 1. The highest BCUT2D eigenvalue weighted by molar-refractivity contribution is 5.43. The molecule has 3 heteroatoms. The van der Waals surface area contributed by atoms with E-state index in [-0.39, 0.29) is 0 Å². The molecule has 3 nitrogen and oxygen atoms in total. The highest BCUT2D eigenvalue weighted by atomic mass is 15.2. The average Bonchev–Trinajstić information content (AvgIpc) is 3.10. The Hall–Kier alpha value is -1.09. The minimum Gasteiger partial charge on any atom is -0.357 e. The molecular formula is C17H27N3. The van der Waals surface area contributed by atoms with E-state index in [0.717, 1.165) is 0 Å². The molecule has 1 aromatic heterocycles. The van der Waals surface area contributed by atoms with E-state index >= 15 is 0 Å². The molecule has 1 aromatic rings. The Morgan fingerprint density at radius 2 is 1.95 bits per heavy atom. The Labute approximate surface area is 123 Å². The van der Waals surface area contributed by atoms with Crippen LogP contribution in [-0.2, 0) is 0 Å². The van der Waals surface area contributed by atoms with Gasteiger partial charge in [0, 0.05) is 24.8 Å². The van der Waals surface area contributed by atoms with Crippen LogP contribution in [0.1, 0.15) is 56.3 Å². The second-order valence-electron chi connectivity index (χ2n) is 6.23. The second kappa shape index (κ2) is 6.13. The number of hydrogen-bond acceptors (Lipinski definition) is 3. The van der Waals surface area contributed by atoms with E-state index in [4.69, 9.17) is 4.98 Å². The molecule has 0 unspecified atom stereocenters. The van der Waals surface area contributed by atoms with Gasteiger partial charge in [-0.1, -0.05) is 13.0 Å². The number of anilines is 1. The van der Waals surface area contributed by atoms with Crippen molar-refractivity contribution in [1.29, 1.82) is 0 Å². The van der Waals surface area contributed by atoms with Gasteiger partial charge in [0.2, 0.25) is 0 Å². The first-order valence-corrected chi connectivity index (χ1v) is 8.26. The lowest BCUT2D eigenvalue weighted by molar-refractivity contribution is 0.257. The van der Waals surface area contributed by atoms with Gasteiger partial charge in [0.05, 0.1) is 0 Å². The van der Waals surface area contributed by atoms with Crippen LogP contribution in [0.15, 0.2) is 12.1 Å². The highest BCUT2D eigenvalue weighted by Crippen LogP contribution is 2.34. The molecule has 2 saturated heterocycles. The van der Waals surface area contributed by atoms with Gasteiger partial charge in [-0.2, -0.15) is 0 Å². The van der Waals surface area contributed by atoms with Crippen molar-refractivity contribution in [3.63, 3.8) is 0 Å². The Balaban J connectivity index is 1.79. The molecule has 2 fully saturated rings. The minimum atomic E-state index is 0.607. The average molecular weight is 273 g/mol. The molecule has 0 radical (unpaired) electrons. The SMILES string of the molecule is CCCN1CCC[C@H]1c1ccc(N2CCCC2)nc1C. The number of hydrogen-bond donors (Lipinski definition) is 0. The van der Waals surface area contributed by atoms with E-state index in [0.29, 0.717) is 6.04 Å². The first-order chi connectivity index (χ1) is 9.79. The molecule has 0 spiro atoms. The molecule has 20 heavy (non-hydrogen) atoms. The lowest BCUT2D eigenvalue weighted by Gasteiger charge is -2.26. The fourth-order valence-corrected chi connectivity index (χ4v) is 3.77. The first kappa shape index (κ1) is 13.9. The van der Waals surface area contributed by atoms with E-state index in [1.165, 1.54) is 75.4 Å². The fourth-order valence-electron chi connectivity index (χ4n) is 3.77. The van der Waals surface area contributed by atoms with Gasteiger partial charge in [-0.05, 0) is 63.7 Å². The summed E-state index contributed by atoms with van der Waals surface area (Å²) in [5, 5.41) is 0. The normalized spacial score (nSPS) is 23.7. The van der Waals surface area contributed by atoms with Gasteiger partial charge in [0.1, 0.15) is 5.82 Å². The van der Waals surface area contributed by atoms with Crippen LogP contribution in [-0.4, -0.2) is 36.1 Å². The molecule has 2 aliphatic rings. The monoisotopic (exact) mass is 273 g/mol. The molecule has 3 heterocycles. The zero-order valence-electron chi connectivity index (χ0n) is 12.9. The van der Waals surface area contributed by atoms with Gasteiger partial charge < -0.3 is 4.90 Å². The quantitative estimate of drug-likeness (QED) is 0.836. The Morgan fingerprint density at radius 1 is 1.15 bits per heavy atom. The maximum absolute atomic E-state index is 4.89. The topological polar surface area (TPSA) is 19.4 Å². The molecule has 0 bridgehead atoms. The van der Waals surface area contributed by atoms with E-state index in [1.807, 2.05) is 0 Å². The molecule has 2 aliphatic heterocycles. The number of pyridine rings is 1. The van der Waals surface area contributed by atoms with Crippen molar-refractivity contribution in [2.24, 2.45) is 0 Å². The van der Waals surface area contributed by atoms with Crippen molar-refractivity contribution in [2.75, 3.05) is 31.1 Å². The zero-order chi connectivity index (χ0) is 13.9. The summed E-state index contributed by atoms with van der Waals surface area (Å²) in [6, 6.07) is 5.19. The highest BCUT2D eigenvalue weighted by Gasteiger charge is 2.27. The van der Waals surface area contributed by atoms with Gasteiger partial charge in [-0.15, -0.1) is 0 Å². The van der Waals surface area contributed by atoms with Crippen molar-refractivity contribution >= 4 is 5.82 Å². The Bertz CT molecular complexity index is 452. The molecule has 0 N–H and O–H groups in total. The summed E-state index contributed by atoms with van der Waals surface area (Å²) in [6.07, 6.45) is 6.50. The number of aromatic nitrogens is 1. The third-order valence-electron chi connectivity index (χ3n) is 4.78. The largest absolute Gasteiger partial charge is 0.357 e. The predicted octanol–water partition coefficient (Wildman–Crippen LogP) is 3.54. The van der Waals surface area contributed by atoms with Crippen molar-refractivity contribution in [3.8, 4) is 0 Å². The maximum Gasteiger partial charge on any atom is 0.128 e. The molecular weight excluding hydrogens is 246 g/mol. The number of aryl methyl sites for hydroxylation is 1. The minimum absolute atomic E-state index is 0.607. The summed E-state index contributed by atoms with van der Waals surface area (Å²) in [7, 11) is 0. The number of rotatable bonds is 4. The van der Waals surface area contributed by atoms with Crippen molar-refractivity contribution in [1.82, 2.24) is 9.88 Å². The molecule has 1 atom stereocenters.